The number of hydrogen-bond acceptors (Lipinski definition) is 6. The number of ether oxygens (including phenoxy) is 2. The molecule has 7 nitrogen and oxygen atoms in total. The molecule has 4 atom stereocenters. The number of carbonyl (C=O) groups excluding carboxylic acids is 3. The average Bonchev–Trinajstić information content (AvgIpc) is 3.70. The number of Topliss-reactive ketones (excluding diaryl/α,β-unsaturated/α-hetero) is 2. The zero-order valence-corrected chi connectivity index (χ0v) is 22.7. The van der Waals surface area contributed by atoms with Crippen molar-refractivity contribution in [2.75, 3.05) is 17.0 Å². The first-order chi connectivity index (χ1) is 20.5. The van der Waals surface area contributed by atoms with Crippen molar-refractivity contribution in [3.05, 3.63) is 125 Å². The molecule has 4 heterocycles. The predicted molar refractivity (Wildman–Crippen MR) is 158 cm³/mol. The highest BCUT2D eigenvalue weighted by atomic mass is 16.7. The molecule has 4 aromatic rings. The molecule has 4 aliphatic rings. The van der Waals surface area contributed by atoms with Gasteiger partial charge in [-0.2, -0.15) is 0 Å². The molecule has 0 bridgehead atoms. The van der Waals surface area contributed by atoms with Crippen LogP contribution in [0.1, 0.15) is 38.8 Å². The third kappa shape index (κ3) is 3.19. The molecule has 1 spiro atoms. The molecular formula is C35H26N2O5. The van der Waals surface area contributed by atoms with Crippen LogP contribution >= 0.6 is 0 Å². The van der Waals surface area contributed by atoms with Crippen molar-refractivity contribution in [2.24, 2.45) is 5.92 Å². The molecule has 0 aliphatic carbocycles. The summed E-state index contributed by atoms with van der Waals surface area (Å²) in [6, 6.07) is 27.9. The summed E-state index contributed by atoms with van der Waals surface area (Å²) >= 11 is 0. The molecule has 0 aromatic heterocycles. The molecule has 1 amide bonds. The van der Waals surface area contributed by atoms with Gasteiger partial charge in [0.05, 0.1) is 12.0 Å². The fourth-order valence-corrected chi connectivity index (χ4v) is 7.39. The highest BCUT2D eigenvalue weighted by Crippen LogP contribution is 2.59. The molecule has 7 heteroatoms. The van der Waals surface area contributed by atoms with Crippen LogP contribution in [0.3, 0.4) is 0 Å². The van der Waals surface area contributed by atoms with Crippen LogP contribution in [0, 0.1) is 5.92 Å². The van der Waals surface area contributed by atoms with Gasteiger partial charge >= 0.3 is 0 Å². The van der Waals surface area contributed by atoms with Gasteiger partial charge < -0.3 is 19.7 Å². The highest BCUT2D eigenvalue weighted by molar-refractivity contribution is 6.18. The lowest BCUT2D eigenvalue weighted by Gasteiger charge is -2.39. The van der Waals surface area contributed by atoms with Crippen molar-refractivity contribution in [1.29, 1.82) is 0 Å². The second kappa shape index (κ2) is 8.91. The van der Waals surface area contributed by atoms with Crippen molar-refractivity contribution in [3.63, 3.8) is 0 Å². The molecule has 4 aliphatic heterocycles. The monoisotopic (exact) mass is 554 g/mol. The van der Waals surface area contributed by atoms with Gasteiger partial charge in [-0.3, -0.25) is 14.4 Å². The molecule has 1 fully saturated rings. The van der Waals surface area contributed by atoms with Crippen molar-refractivity contribution >= 4 is 34.4 Å². The largest absolute Gasteiger partial charge is 0.454 e. The Morgan fingerprint density at radius 3 is 2.43 bits per heavy atom. The molecule has 0 radical (unpaired) electrons. The number of hydrogen-bond donors (Lipinski definition) is 1. The molecule has 0 saturated carbocycles. The second-order valence-electron chi connectivity index (χ2n) is 11.2. The van der Waals surface area contributed by atoms with Gasteiger partial charge in [-0.05, 0) is 48.4 Å². The number of ketones is 2. The summed E-state index contributed by atoms with van der Waals surface area (Å²) in [7, 11) is 0. The number of anilines is 2. The number of nitrogens with one attached hydrogen (secondary N) is 1. The molecular weight excluding hydrogens is 528 g/mol. The first kappa shape index (κ1) is 24.6. The van der Waals surface area contributed by atoms with Crippen LogP contribution in [0.4, 0.5) is 11.4 Å². The van der Waals surface area contributed by atoms with E-state index in [2.05, 4.69) is 11.4 Å². The minimum absolute atomic E-state index is 0.0714. The van der Waals surface area contributed by atoms with Gasteiger partial charge in [-0.15, -0.1) is 0 Å². The SMILES string of the molecule is CC1=C[C@@H]2N(c3ccccc31)[C@@H](C(=O)c1ccccc1)[C@@H](C(=O)c1ccc3c(c1)OCO3)[C@]21C(=O)Nc2ccccc21. The number of allylic oxidation sites excluding steroid dienone is 1. The lowest BCUT2D eigenvalue weighted by Crippen LogP contribution is -2.51. The Kier molecular flexibility index (Phi) is 5.22. The van der Waals surface area contributed by atoms with E-state index in [-0.39, 0.29) is 24.3 Å². The van der Waals surface area contributed by atoms with Crippen molar-refractivity contribution in [2.45, 2.75) is 24.4 Å². The number of nitrogens with zero attached hydrogens (tertiary/aromatic N) is 1. The van der Waals surface area contributed by atoms with E-state index in [0.717, 1.165) is 22.4 Å². The van der Waals surface area contributed by atoms with E-state index in [4.69, 9.17) is 9.47 Å². The van der Waals surface area contributed by atoms with Crippen molar-refractivity contribution < 1.29 is 23.9 Å². The number of amides is 1. The zero-order chi connectivity index (χ0) is 28.6. The fourth-order valence-electron chi connectivity index (χ4n) is 7.39. The summed E-state index contributed by atoms with van der Waals surface area (Å²) in [5.74, 6) is -0.824. The third-order valence-corrected chi connectivity index (χ3v) is 9.15. The normalized spacial score (nSPS) is 24.5. The van der Waals surface area contributed by atoms with E-state index in [0.29, 0.717) is 28.3 Å². The summed E-state index contributed by atoms with van der Waals surface area (Å²) in [5, 5.41) is 3.08. The minimum Gasteiger partial charge on any atom is -0.454 e. The van der Waals surface area contributed by atoms with Gasteiger partial charge in [0.1, 0.15) is 11.5 Å². The second-order valence-corrected chi connectivity index (χ2v) is 11.2. The van der Waals surface area contributed by atoms with Gasteiger partial charge in [0.2, 0.25) is 12.7 Å². The Morgan fingerprint density at radius 2 is 1.57 bits per heavy atom. The Morgan fingerprint density at radius 1 is 0.833 bits per heavy atom. The molecule has 8 rings (SSSR count). The van der Waals surface area contributed by atoms with Crippen molar-refractivity contribution in [1.82, 2.24) is 0 Å². The van der Waals surface area contributed by atoms with Gasteiger partial charge in [-0.1, -0.05) is 72.8 Å². The molecule has 42 heavy (non-hydrogen) atoms. The van der Waals surface area contributed by atoms with E-state index in [1.54, 1.807) is 30.3 Å². The maximum absolute atomic E-state index is 15.0. The molecule has 0 unspecified atom stereocenters. The van der Waals surface area contributed by atoms with E-state index >= 15 is 0 Å². The summed E-state index contributed by atoms with van der Waals surface area (Å²) in [6.45, 7) is 2.09. The highest BCUT2D eigenvalue weighted by Gasteiger charge is 2.70. The average molecular weight is 555 g/mol. The molecule has 206 valence electrons. The van der Waals surface area contributed by atoms with Crippen LogP contribution in [0.15, 0.2) is 103 Å². The number of fused-ring (bicyclic) bond motifs is 7. The van der Waals surface area contributed by atoms with E-state index < -0.39 is 23.4 Å². The van der Waals surface area contributed by atoms with Crippen LogP contribution in [0.5, 0.6) is 11.5 Å². The minimum atomic E-state index is -1.37. The maximum atomic E-state index is 15.0. The Hall–Kier alpha value is -5.17. The number of para-hydroxylation sites is 2. The molecule has 4 aromatic carbocycles. The van der Waals surface area contributed by atoms with Crippen LogP contribution in [0.25, 0.3) is 5.57 Å². The van der Waals surface area contributed by atoms with E-state index in [1.165, 1.54) is 0 Å². The number of rotatable bonds is 4. The smallest absolute Gasteiger partial charge is 0.238 e. The quantitative estimate of drug-likeness (QED) is 0.328. The van der Waals surface area contributed by atoms with Crippen LogP contribution in [0.2, 0.25) is 0 Å². The Bertz CT molecular complexity index is 1850. The topological polar surface area (TPSA) is 84.9 Å². The predicted octanol–water partition coefficient (Wildman–Crippen LogP) is 5.66. The first-order valence-electron chi connectivity index (χ1n) is 14.0. The third-order valence-electron chi connectivity index (χ3n) is 9.15. The first-order valence-corrected chi connectivity index (χ1v) is 14.0. The van der Waals surface area contributed by atoms with Crippen LogP contribution in [-0.4, -0.2) is 36.4 Å². The van der Waals surface area contributed by atoms with Crippen LogP contribution in [-0.2, 0) is 10.2 Å². The van der Waals surface area contributed by atoms with Gasteiger partial charge in [0.15, 0.2) is 23.1 Å². The Labute approximate surface area is 242 Å². The summed E-state index contributed by atoms with van der Waals surface area (Å²) < 4.78 is 11.1. The van der Waals surface area contributed by atoms with Gasteiger partial charge in [0, 0.05) is 28.1 Å². The zero-order valence-electron chi connectivity index (χ0n) is 22.7. The summed E-state index contributed by atoms with van der Waals surface area (Å²) in [5.41, 5.74) is 3.64. The van der Waals surface area contributed by atoms with E-state index in [1.807, 2.05) is 78.6 Å². The van der Waals surface area contributed by atoms with E-state index in [9.17, 15) is 14.4 Å². The Balaban J connectivity index is 1.43. The van der Waals surface area contributed by atoms with Crippen LogP contribution < -0.4 is 19.7 Å². The standard InChI is InChI=1S/C35H26N2O5/c1-20-17-29-35(24-12-6-7-13-25(24)36-34(35)40)30(32(38)22-15-16-27-28(18-22)42-19-41-27)31(33(39)21-9-3-2-4-10-21)37(29)26-14-8-5-11-23(20)26/h2-18,29-31H,19H2,1H3,(H,36,40)/t29-,30-,31+,35+/m0/s1. The molecule has 1 saturated heterocycles. The number of benzene rings is 4. The lowest BCUT2D eigenvalue weighted by molar-refractivity contribution is -0.121. The van der Waals surface area contributed by atoms with Crippen molar-refractivity contribution in [3.8, 4) is 11.5 Å². The summed E-state index contributed by atoms with van der Waals surface area (Å²) in [6.07, 6.45) is 2.06. The summed E-state index contributed by atoms with van der Waals surface area (Å²) in [4.78, 5) is 46.2. The maximum Gasteiger partial charge on any atom is 0.238 e. The molecule has 1 N–H and O–H groups in total. The lowest BCUT2D eigenvalue weighted by atomic mass is 9.64. The van der Waals surface area contributed by atoms with Gasteiger partial charge in [-0.25, -0.2) is 0 Å². The fraction of sp³-hybridized carbons (Fsp3) is 0.171. The van der Waals surface area contributed by atoms with Gasteiger partial charge in [0.25, 0.3) is 0 Å². The number of carbonyl (C=O) groups is 3.